The number of piperazine rings is 2. The van der Waals surface area contributed by atoms with Gasteiger partial charge in [0, 0.05) is 84.2 Å². The molecule has 322 valence electrons. The Hall–Kier alpha value is -7.57. The summed E-state index contributed by atoms with van der Waals surface area (Å²) in [6.07, 6.45) is 3.46. The quantitative estimate of drug-likeness (QED) is 0.204. The summed E-state index contributed by atoms with van der Waals surface area (Å²) in [5.41, 5.74) is 6.21. The van der Waals surface area contributed by atoms with E-state index >= 15 is 0 Å². The summed E-state index contributed by atoms with van der Waals surface area (Å²) < 4.78 is 13.4. The van der Waals surface area contributed by atoms with Crippen LogP contribution >= 0.6 is 0 Å². The van der Waals surface area contributed by atoms with E-state index in [1.54, 1.807) is 38.4 Å². The highest BCUT2D eigenvalue weighted by atomic mass is 19.1. The summed E-state index contributed by atoms with van der Waals surface area (Å²) in [5.74, 6) is 2.39. The van der Waals surface area contributed by atoms with Crippen molar-refractivity contribution >= 4 is 57.4 Å². The zero-order valence-electron chi connectivity index (χ0n) is 35.5. The summed E-state index contributed by atoms with van der Waals surface area (Å²) in [6.45, 7) is 13.2. The van der Waals surface area contributed by atoms with Gasteiger partial charge in [0.2, 0.25) is 23.7 Å². The van der Waals surface area contributed by atoms with Crippen molar-refractivity contribution in [3.8, 4) is 11.1 Å². The second-order valence-electron chi connectivity index (χ2n) is 15.2. The van der Waals surface area contributed by atoms with Gasteiger partial charge < -0.3 is 30.2 Å². The molecule has 0 atom stereocenters. The molecule has 2 fully saturated rings. The molecule has 0 bridgehead atoms. The van der Waals surface area contributed by atoms with Crippen LogP contribution in [0.2, 0.25) is 0 Å². The summed E-state index contributed by atoms with van der Waals surface area (Å²) in [5, 5.41) is 25.0. The van der Waals surface area contributed by atoms with Crippen LogP contribution in [-0.4, -0.2) is 124 Å². The lowest BCUT2D eigenvalue weighted by molar-refractivity contribution is -0.129. The maximum atomic E-state index is 13.4. The molecule has 19 heteroatoms. The number of anilines is 4. The second kappa shape index (κ2) is 19.0. The van der Waals surface area contributed by atoms with Crippen molar-refractivity contribution in [1.82, 2.24) is 60.1 Å². The molecule has 2 aliphatic heterocycles. The molecule has 2 saturated heterocycles. The maximum absolute atomic E-state index is 13.4. The van der Waals surface area contributed by atoms with Gasteiger partial charge in [-0.1, -0.05) is 12.1 Å². The second-order valence-corrected chi connectivity index (χ2v) is 15.2. The lowest BCUT2D eigenvalue weighted by atomic mass is 10.1. The van der Waals surface area contributed by atoms with Crippen LogP contribution in [-0.2, 0) is 22.7 Å². The highest BCUT2D eigenvalue weighted by Gasteiger charge is 2.24. The van der Waals surface area contributed by atoms with Gasteiger partial charge >= 0.3 is 0 Å². The summed E-state index contributed by atoms with van der Waals surface area (Å²) in [6, 6.07) is 19.8. The third-order valence-corrected chi connectivity index (χ3v) is 10.8. The predicted molar refractivity (Wildman–Crippen MR) is 237 cm³/mol. The van der Waals surface area contributed by atoms with Crippen LogP contribution in [0.1, 0.15) is 36.6 Å². The van der Waals surface area contributed by atoms with Crippen LogP contribution in [0.4, 0.5) is 27.9 Å². The Bertz CT molecular complexity index is 2710. The van der Waals surface area contributed by atoms with E-state index in [2.05, 4.69) is 55.8 Å². The molecule has 2 amide bonds. The lowest BCUT2D eigenvalue weighted by Gasteiger charge is -2.34. The van der Waals surface area contributed by atoms with Crippen molar-refractivity contribution in [2.75, 3.05) is 72.8 Å². The number of rotatable bonds is 9. The van der Waals surface area contributed by atoms with E-state index in [1.165, 1.54) is 12.1 Å². The highest BCUT2D eigenvalue weighted by molar-refractivity contribution is 5.91. The number of amides is 2. The molecule has 1 aromatic carbocycles. The normalized spacial score (nSPS) is 14.0. The van der Waals surface area contributed by atoms with Gasteiger partial charge in [-0.3, -0.25) is 9.59 Å². The fourth-order valence-electron chi connectivity index (χ4n) is 7.14. The third-order valence-electron chi connectivity index (χ3n) is 10.8. The number of pyridine rings is 2. The first-order valence-electron chi connectivity index (χ1n) is 20.7. The van der Waals surface area contributed by atoms with E-state index in [0.717, 1.165) is 44.7 Å². The number of carbonyl (C=O) groups is 2. The Balaban J connectivity index is 0.000000177. The van der Waals surface area contributed by atoms with Crippen molar-refractivity contribution in [3.05, 3.63) is 108 Å². The number of halogens is 1. The van der Waals surface area contributed by atoms with E-state index in [4.69, 9.17) is 15.0 Å². The number of hydrogen-bond donors (Lipinski definition) is 2. The number of nitrogens with one attached hydrogen (secondary N) is 2. The Morgan fingerprint density at radius 1 is 0.587 bits per heavy atom. The van der Waals surface area contributed by atoms with Crippen molar-refractivity contribution in [2.45, 2.75) is 40.8 Å². The van der Waals surface area contributed by atoms with E-state index < -0.39 is 0 Å². The predicted octanol–water partition coefficient (Wildman–Crippen LogP) is 4.61. The fraction of sp³-hybridized carbons (Fsp3) is 0.318. The lowest BCUT2D eigenvalue weighted by Crippen LogP contribution is -2.48. The van der Waals surface area contributed by atoms with Gasteiger partial charge in [0.05, 0.1) is 46.6 Å². The Morgan fingerprint density at radius 3 is 1.59 bits per heavy atom. The molecule has 2 aliphatic rings. The number of benzene rings is 1. The minimum absolute atomic E-state index is 0.0700. The van der Waals surface area contributed by atoms with Gasteiger partial charge in [0.25, 0.3) is 0 Å². The molecule has 0 radical (unpaired) electrons. The van der Waals surface area contributed by atoms with Gasteiger partial charge in [0.1, 0.15) is 17.5 Å². The van der Waals surface area contributed by atoms with Gasteiger partial charge in [-0.2, -0.15) is 40.3 Å². The van der Waals surface area contributed by atoms with Crippen molar-refractivity contribution in [3.63, 3.8) is 0 Å². The van der Waals surface area contributed by atoms with Crippen molar-refractivity contribution in [2.24, 2.45) is 0 Å². The first kappa shape index (κ1) is 42.1. The number of hydrogen-bond acceptors (Lipinski definition) is 16. The van der Waals surface area contributed by atoms with E-state index in [-0.39, 0.29) is 17.6 Å². The topological polar surface area (TPSA) is 200 Å². The van der Waals surface area contributed by atoms with Crippen molar-refractivity contribution in [1.29, 1.82) is 0 Å². The van der Waals surface area contributed by atoms with Gasteiger partial charge in [-0.25, -0.2) is 14.4 Å². The minimum Gasteiger partial charge on any atom is -0.364 e. The van der Waals surface area contributed by atoms with Crippen LogP contribution in [0, 0.1) is 19.7 Å². The fourth-order valence-corrected chi connectivity index (χ4v) is 7.14. The minimum atomic E-state index is -0.290. The molecule has 6 aromatic heterocycles. The SMILES string of the molecule is CC(=O)N1CCN(c2nc(NCc3ccc(C)nn3)c3cc(-c4ccc(F)cc4)cnc3n2)CC1.CC(=O)N1CCN(c2nc(NCc3ccc(C)nn3)c3cccnc3n2)CC1. The van der Waals surface area contributed by atoms with E-state index in [0.29, 0.717) is 100 Å². The number of aromatic nitrogens is 10. The van der Waals surface area contributed by atoms with Crippen LogP contribution in [0.15, 0.2) is 79.1 Å². The standard InChI is InChI=1S/C25H25FN8O.C19H22N8O/c1-16-3-8-21(32-31-16)15-28-24-22-13-19(18-4-6-20(26)7-5-18)14-27-23(22)29-25(30-24)34-11-9-33(10-12-34)17(2)35;1-13-5-6-15(25-24-13)12-21-18-16-4-3-7-20-17(16)22-19(23-18)27-10-8-26(9-11-27)14(2)28/h3-8,13-14H,9-12,15H2,1-2H3,(H,27,28,29,30);3-7H,8-12H2,1-2H3,(H,20,21,22,23). The molecule has 0 unspecified atom stereocenters. The number of fused-ring (bicyclic) bond motifs is 2. The van der Waals surface area contributed by atoms with Crippen molar-refractivity contribution < 1.29 is 14.0 Å². The summed E-state index contributed by atoms with van der Waals surface area (Å²) in [7, 11) is 0. The average molecular weight is 851 g/mol. The van der Waals surface area contributed by atoms with Crippen LogP contribution < -0.4 is 20.4 Å². The Morgan fingerprint density at radius 2 is 1.10 bits per heavy atom. The molecular weight excluding hydrogens is 804 g/mol. The highest BCUT2D eigenvalue weighted by Crippen LogP contribution is 2.29. The molecule has 2 N–H and O–H groups in total. The van der Waals surface area contributed by atoms with Crippen LogP contribution in [0.5, 0.6) is 0 Å². The summed E-state index contributed by atoms with van der Waals surface area (Å²) in [4.78, 5) is 59.0. The monoisotopic (exact) mass is 850 g/mol. The molecule has 8 heterocycles. The molecule has 7 aromatic rings. The van der Waals surface area contributed by atoms with Gasteiger partial charge in [-0.05, 0) is 74.0 Å². The summed E-state index contributed by atoms with van der Waals surface area (Å²) >= 11 is 0. The molecule has 18 nitrogen and oxygen atoms in total. The molecule has 0 saturated carbocycles. The number of nitrogens with zero attached hydrogens (tertiary/aromatic N) is 14. The Kier molecular flexibility index (Phi) is 12.7. The molecule has 0 spiro atoms. The van der Waals surface area contributed by atoms with Crippen LogP contribution in [0.25, 0.3) is 33.2 Å². The molecule has 9 rings (SSSR count). The number of carbonyl (C=O) groups excluding carboxylic acids is 2. The zero-order valence-corrected chi connectivity index (χ0v) is 35.5. The maximum Gasteiger partial charge on any atom is 0.229 e. The molecule has 63 heavy (non-hydrogen) atoms. The van der Waals surface area contributed by atoms with Crippen LogP contribution in [0.3, 0.4) is 0 Å². The average Bonchev–Trinajstić information content (AvgIpc) is 3.31. The first-order chi connectivity index (χ1) is 30.6. The zero-order chi connectivity index (χ0) is 43.9. The van der Waals surface area contributed by atoms with Gasteiger partial charge in [0.15, 0.2) is 11.3 Å². The molecule has 0 aliphatic carbocycles. The molecular formula is C44H47FN16O2. The van der Waals surface area contributed by atoms with E-state index in [1.807, 2.05) is 66.1 Å². The largest absolute Gasteiger partial charge is 0.364 e. The Labute approximate surface area is 363 Å². The third kappa shape index (κ3) is 10.3. The van der Waals surface area contributed by atoms with Gasteiger partial charge in [-0.15, -0.1) is 0 Å². The van der Waals surface area contributed by atoms with E-state index in [9.17, 15) is 14.0 Å². The smallest absolute Gasteiger partial charge is 0.229 e. The number of aryl methyl sites for hydroxylation is 2. The first-order valence-corrected chi connectivity index (χ1v) is 20.7.